The second-order valence-corrected chi connectivity index (χ2v) is 4.66. The summed E-state index contributed by atoms with van der Waals surface area (Å²) in [4.78, 5) is 10.6. The third-order valence-corrected chi connectivity index (χ3v) is 2.84. The molecule has 0 radical (unpaired) electrons. The fraction of sp³-hybridized carbons (Fsp3) is 0.692. The van der Waals surface area contributed by atoms with Crippen molar-refractivity contribution in [3.05, 3.63) is 11.9 Å². The number of rotatable bonds is 7. The lowest BCUT2D eigenvalue weighted by Gasteiger charge is -2.21. The number of hydrogen-bond donors (Lipinski definition) is 2. The predicted octanol–water partition coefficient (Wildman–Crippen LogP) is 1.81. The normalized spacial score (nSPS) is 12.3. The van der Waals surface area contributed by atoms with Gasteiger partial charge in [-0.2, -0.15) is 0 Å². The van der Waals surface area contributed by atoms with E-state index in [4.69, 9.17) is 0 Å². The summed E-state index contributed by atoms with van der Waals surface area (Å²) in [5, 5.41) is 12.6. The molecule has 0 saturated carbocycles. The van der Waals surface area contributed by atoms with Gasteiger partial charge in [0, 0.05) is 25.7 Å². The van der Waals surface area contributed by atoms with Crippen molar-refractivity contribution in [2.75, 3.05) is 30.4 Å². The minimum absolute atomic E-state index is 0.285. The first kappa shape index (κ1) is 14.7. The zero-order chi connectivity index (χ0) is 13.5. The van der Waals surface area contributed by atoms with Gasteiger partial charge in [-0.25, -0.2) is 9.97 Å². The molecule has 0 saturated heterocycles. The van der Waals surface area contributed by atoms with E-state index in [9.17, 15) is 5.11 Å². The van der Waals surface area contributed by atoms with E-state index in [1.807, 2.05) is 14.0 Å². The molecule has 18 heavy (non-hydrogen) atoms. The molecule has 0 aliphatic heterocycles. The first-order chi connectivity index (χ1) is 8.56. The molecule has 0 spiro atoms. The molecule has 0 amide bonds. The summed E-state index contributed by atoms with van der Waals surface area (Å²) in [6, 6.07) is 0. The van der Waals surface area contributed by atoms with Crippen molar-refractivity contribution in [1.82, 2.24) is 9.97 Å². The van der Waals surface area contributed by atoms with Gasteiger partial charge in [-0.1, -0.05) is 6.92 Å². The van der Waals surface area contributed by atoms with Crippen LogP contribution in [-0.4, -0.2) is 41.3 Å². The van der Waals surface area contributed by atoms with Crippen molar-refractivity contribution in [1.29, 1.82) is 0 Å². The number of anilines is 2. The molecule has 2 N–H and O–H groups in total. The lowest BCUT2D eigenvalue weighted by atomic mass is 10.2. The molecule has 0 aliphatic rings. The minimum Gasteiger partial charge on any atom is -0.393 e. The SMILES string of the molecule is CCCNc1ncnc(N(C)CCC(C)O)c1C. The van der Waals surface area contributed by atoms with Crippen molar-refractivity contribution in [3.8, 4) is 0 Å². The maximum Gasteiger partial charge on any atom is 0.136 e. The molecule has 0 aromatic carbocycles. The summed E-state index contributed by atoms with van der Waals surface area (Å²) < 4.78 is 0. The van der Waals surface area contributed by atoms with E-state index in [1.54, 1.807) is 13.3 Å². The molecule has 102 valence electrons. The first-order valence-corrected chi connectivity index (χ1v) is 6.51. The lowest BCUT2D eigenvalue weighted by molar-refractivity contribution is 0.187. The second-order valence-electron chi connectivity index (χ2n) is 4.66. The predicted molar refractivity (Wildman–Crippen MR) is 75.1 cm³/mol. The van der Waals surface area contributed by atoms with Crippen LogP contribution in [0.4, 0.5) is 11.6 Å². The van der Waals surface area contributed by atoms with Gasteiger partial charge in [-0.15, -0.1) is 0 Å². The van der Waals surface area contributed by atoms with Gasteiger partial charge in [0.1, 0.15) is 18.0 Å². The van der Waals surface area contributed by atoms with Crippen LogP contribution in [0.5, 0.6) is 0 Å². The van der Waals surface area contributed by atoms with E-state index in [2.05, 4.69) is 27.1 Å². The Kier molecular flexibility index (Phi) is 5.85. The Hall–Kier alpha value is -1.36. The molecule has 0 fully saturated rings. The Morgan fingerprint density at radius 1 is 1.44 bits per heavy atom. The highest BCUT2D eigenvalue weighted by Crippen LogP contribution is 2.21. The Balaban J connectivity index is 2.75. The fourth-order valence-corrected chi connectivity index (χ4v) is 1.73. The molecule has 1 rings (SSSR count). The van der Waals surface area contributed by atoms with Crippen LogP contribution in [0.25, 0.3) is 0 Å². The van der Waals surface area contributed by atoms with E-state index < -0.39 is 0 Å². The van der Waals surface area contributed by atoms with Crippen LogP contribution in [0.15, 0.2) is 6.33 Å². The smallest absolute Gasteiger partial charge is 0.136 e. The Morgan fingerprint density at radius 3 is 2.78 bits per heavy atom. The van der Waals surface area contributed by atoms with E-state index in [1.165, 1.54) is 0 Å². The Morgan fingerprint density at radius 2 is 2.17 bits per heavy atom. The summed E-state index contributed by atoms with van der Waals surface area (Å²) in [7, 11) is 1.99. The molecule has 1 aromatic rings. The van der Waals surface area contributed by atoms with E-state index in [0.717, 1.165) is 43.1 Å². The van der Waals surface area contributed by atoms with Crippen LogP contribution >= 0.6 is 0 Å². The molecular formula is C13H24N4O. The summed E-state index contributed by atoms with van der Waals surface area (Å²) in [5.41, 5.74) is 1.05. The number of aliphatic hydroxyl groups excluding tert-OH is 1. The van der Waals surface area contributed by atoms with Gasteiger partial charge >= 0.3 is 0 Å². The second kappa shape index (κ2) is 7.16. The zero-order valence-corrected chi connectivity index (χ0v) is 11.8. The van der Waals surface area contributed by atoms with Crippen LogP contribution in [0.2, 0.25) is 0 Å². The Labute approximate surface area is 109 Å². The maximum absolute atomic E-state index is 9.32. The van der Waals surface area contributed by atoms with Crippen molar-refractivity contribution in [2.24, 2.45) is 0 Å². The summed E-state index contributed by atoms with van der Waals surface area (Å²) >= 11 is 0. The number of hydrogen-bond acceptors (Lipinski definition) is 5. The number of aromatic nitrogens is 2. The van der Waals surface area contributed by atoms with Crippen molar-refractivity contribution in [2.45, 2.75) is 39.7 Å². The van der Waals surface area contributed by atoms with Gasteiger partial charge in [0.2, 0.25) is 0 Å². The van der Waals surface area contributed by atoms with Crippen LogP contribution < -0.4 is 10.2 Å². The van der Waals surface area contributed by atoms with Gasteiger partial charge in [-0.05, 0) is 26.7 Å². The van der Waals surface area contributed by atoms with E-state index in [0.29, 0.717) is 0 Å². The molecule has 1 unspecified atom stereocenters. The van der Waals surface area contributed by atoms with Gasteiger partial charge < -0.3 is 15.3 Å². The fourth-order valence-electron chi connectivity index (χ4n) is 1.73. The first-order valence-electron chi connectivity index (χ1n) is 6.51. The molecule has 5 heteroatoms. The van der Waals surface area contributed by atoms with Gasteiger partial charge in [0.25, 0.3) is 0 Å². The number of nitrogens with zero attached hydrogens (tertiary/aromatic N) is 3. The van der Waals surface area contributed by atoms with Crippen molar-refractivity contribution < 1.29 is 5.11 Å². The highest BCUT2D eigenvalue weighted by Gasteiger charge is 2.11. The monoisotopic (exact) mass is 252 g/mol. The molecule has 1 atom stereocenters. The largest absolute Gasteiger partial charge is 0.393 e. The maximum atomic E-state index is 9.32. The molecule has 1 aromatic heterocycles. The summed E-state index contributed by atoms with van der Waals surface area (Å²) in [6.07, 6.45) is 3.10. The van der Waals surface area contributed by atoms with Crippen LogP contribution in [0, 0.1) is 6.92 Å². The van der Waals surface area contributed by atoms with Crippen molar-refractivity contribution >= 4 is 11.6 Å². The third kappa shape index (κ3) is 4.14. The third-order valence-electron chi connectivity index (χ3n) is 2.84. The Bertz CT molecular complexity index is 368. The average molecular weight is 252 g/mol. The van der Waals surface area contributed by atoms with E-state index >= 15 is 0 Å². The number of nitrogens with one attached hydrogen (secondary N) is 1. The standard InChI is InChI=1S/C13H24N4O/c1-5-7-14-12-11(3)13(16-9-15-12)17(4)8-6-10(2)18/h9-10,18H,5-8H2,1-4H3,(H,14,15,16). The van der Waals surface area contributed by atoms with Gasteiger partial charge in [-0.3, -0.25) is 0 Å². The van der Waals surface area contributed by atoms with E-state index in [-0.39, 0.29) is 6.10 Å². The summed E-state index contributed by atoms with van der Waals surface area (Å²) in [6.45, 7) is 7.64. The molecule has 0 aliphatic carbocycles. The highest BCUT2D eigenvalue weighted by molar-refractivity contribution is 5.57. The number of aliphatic hydroxyl groups is 1. The van der Waals surface area contributed by atoms with Crippen LogP contribution in [0.3, 0.4) is 0 Å². The topological polar surface area (TPSA) is 61.3 Å². The average Bonchev–Trinajstić information content (AvgIpc) is 2.34. The van der Waals surface area contributed by atoms with Gasteiger partial charge in [0.05, 0.1) is 6.10 Å². The zero-order valence-electron chi connectivity index (χ0n) is 11.8. The lowest BCUT2D eigenvalue weighted by Crippen LogP contribution is -2.24. The quantitative estimate of drug-likeness (QED) is 0.775. The summed E-state index contributed by atoms with van der Waals surface area (Å²) in [5.74, 6) is 1.81. The van der Waals surface area contributed by atoms with Crippen molar-refractivity contribution in [3.63, 3.8) is 0 Å². The van der Waals surface area contributed by atoms with Crippen LogP contribution in [-0.2, 0) is 0 Å². The molecule has 1 heterocycles. The van der Waals surface area contributed by atoms with Gasteiger partial charge in [0.15, 0.2) is 0 Å². The minimum atomic E-state index is -0.285. The molecule has 5 nitrogen and oxygen atoms in total. The molecular weight excluding hydrogens is 228 g/mol. The van der Waals surface area contributed by atoms with Crippen LogP contribution in [0.1, 0.15) is 32.3 Å². The highest BCUT2D eigenvalue weighted by atomic mass is 16.3. The molecule has 0 bridgehead atoms.